The van der Waals surface area contributed by atoms with Crippen LogP contribution in [0.25, 0.3) is 0 Å². The topological polar surface area (TPSA) is 95.9 Å². The van der Waals surface area contributed by atoms with Crippen LogP contribution in [0.4, 0.5) is 0 Å². The van der Waals surface area contributed by atoms with Crippen LogP contribution >= 0.6 is 0 Å². The molecule has 0 rings (SSSR count). The molecule has 2 unspecified atom stereocenters. The molecule has 6 nitrogen and oxygen atoms in total. The van der Waals surface area contributed by atoms with Crippen molar-refractivity contribution in [1.29, 1.82) is 0 Å². The quantitative estimate of drug-likeness (QED) is 0.0320. The van der Waals surface area contributed by atoms with Gasteiger partial charge in [-0.05, 0) is 51.4 Å². The monoisotopic (exact) mass is 1110 g/mol. The summed E-state index contributed by atoms with van der Waals surface area (Å²) < 4.78 is 5.50. The third-order valence-electron chi connectivity index (χ3n) is 17.3. The van der Waals surface area contributed by atoms with Gasteiger partial charge < -0.3 is 20.3 Å². The first-order valence-electron chi connectivity index (χ1n) is 36.4. The van der Waals surface area contributed by atoms with Crippen molar-refractivity contribution in [3.8, 4) is 0 Å². The number of carbonyl (C=O) groups excluding carboxylic acids is 2. The van der Waals surface area contributed by atoms with Crippen molar-refractivity contribution in [3.63, 3.8) is 0 Å². The number of hydrogen-bond acceptors (Lipinski definition) is 5. The fourth-order valence-electron chi connectivity index (χ4n) is 11.8. The van der Waals surface area contributed by atoms with Gasteiger partial charge in [-0.1, -0.05) is 366 Å². The van der Waals surface area contributed by atoms with Gasteiger partial charge in [0.25, 0.3) is 0 Å². The van der Waals surface area contributed by atoms with Crippen LogP contribution in [0.1, 0.15) is 418 Å². The summed E-state index contributed by atoms with van der Waals surface area (Å²) in [5, 5.41) is 23.4. The zero-order valence-electron chi connectivity index (χ0n) is 53.9. The summed E-state index contributed by atoms with van der Waals surface area (Å²) in [4.78, 5) is 24.6. The Labute approximate surface area is 495 Å². The molecule has 0 aromatic rings. The van der Waals surface area contributed by atoms with E-state index in [2.05, 4.69) is 31.3 Å². The molecule has 0 aliphatic heterocycles. The van der Waals surface area contributed by atoms with Gasteiger partial charge in [0.05, 0.1) is 25.4 Å². The van der Waals surface area contributed by atoms with Crippen molar-refractivity contribution < 1.29 is 24.5 Å². The average Bonchev–Trinajstić information content (AvgIpc) is 3.45. The van der Waals surface area contributed by atoms with Crippen molar-refractivity contribution in [2.24, 2.45) is 0 Å². The molecular formula is C73H143NO5. The fourth-order valence-corrected chi connectivity index (χ4v) is 11.8. The Kier molecular flexibility index (Phi) is 67.9. The third-order valence-corrected chi connectivity index (χ3v) is 17.3. The molecule has 0 fully saturated rings. The lowest BCUT2D eigenvalue weighted by atomic mass is 10.0. The number of carbonyl (C=O) groups is 2. The number of hydrogen-bond donors (Lipinski definition) is 3. The third kappa shape index (κ3) is 65.6. The molecule has 1 amide bonds. The summed E-state index contributed by atoms with van der Waals surface area (Å²) in [5.74, 6) is -0.00922. The van der Waals surface area contributed by atoms with Gasteiger partial charge in [-0.15, -0.1) is 0 Å². The number of amides is 1. The number of esters is 1. The van der Waals surface area contributed by atoms with Gasteiger partial charge >= 0.3 is 5.97 Å². The van der Waals surface area contributed by atoms with Crippen molar-refractivity contribution in [2.45, 2.75) is 431 Å². The predicted molar refractivity (Wildman–Crippen MR) is 347 cm³/mol. The minimum atomic E-state index is -0.663. The van der Waals surface area contributed by atoms with Crippen molar-refractivity contribution in [3.05, 3.63) is 12.2 Å². The molecule has 0 aliphatic rings. The molecule has 2 atom stereocenters. The van der Waals surface area contributed by atoms with E-state index in [4.69, 9.17) is 4.74 Å². The number of ether oxygens (including phenoxy) is 1. The Bertz CT molecular complexity index is 1190. The molecule has 0 aromatic carbocycles. The Balaban J connectivity index is 3.36. The molecule has 0 bridgehead atoms. The predicted octanol–water partition coefficient (Wildman–Crippen LogP) is 23.5. The summed E-state index contributed by atoms with van der Waals surface area (Å²) in [6.45, 7) is 5.00. The second kappa shape index (κ2) is 69.1. The van der Waals surface area contributed by atoms with Crippen LogP contribution in [-0.2, 0) is 14.3 Å². The molecule has 79 heavy (non-hydrogen) atoms. The summed E-state index contributed by atoms with van der Waals surface area (Å²) in [7, 11) is 0. The van der Waals surface area contributed by atoms with E-state index in [1.54, 1.807) is 0 Å². The number of aliphatic hydroxyl groups excluding tert-OH is 2. The van der Waals surface area contributed by atoms with E-state index in [1.807, 2.05) is 0 Å². The highest BCUT2D eigenvalue weighted by molar-refractivity contribution is 5.76. The Morgan fingerprint density at radius 1 is 0.342 bits per heavy atom. The lowest BCUT2D eigenvalue weighted by molar-refractivity contribution is -0.143. The lowest BCUT2D eigenvalue weighted by Crippen LogP contribution is -2.45. The van der Waals surface area contributed by atoms with Crippen LogP contribution < -0.4 is 5.32 Å². The Hall–Kier alpha value is -1.40. The average molecular weight is 1110 g/mol. The van der Waals surface area contributed by atoms with Crippen LogP contribution in [-0.4, -0.2) is 47.4 Å². The van der Waals surface area contributed by atoms with Gasteiger partial charge in [0.15, 0.2) is 0 Å². The first kappa shape index (κ1) is 77.6. The fraction of sp³-hybridized carbons (Fsp3) is 0.945. The van der Waals surface area contributed by atoms with Gasteiger partial charge in [0.1, 0.15) is 0 Å². The SMILES string of the molecule is CCCCCCCCCCCCCCCCCCCCC(O)C(CO)NC(=O)CCCCCCCCCCCCCCC/C=C\CCCCCCCCCCCCCCOC(=O)CCCCCCCCCCCCCCCCC. The van der Waals surface area contributed by atoms with Crippen LogP contribution in [0.2, 0.25) is 0 Å². The molecular weight excluding hydrogens is 971 g/mol. The maximum Gasteiger partial charge on any atom is 0.305 e. The molecule has 0 heterocycles. The molecule has 3 N–H and O–H groups in total. The van der Waals surface area contributed by atoms with Gasteiger partial charge in [-0.25, -0.2) is 0 Å². The molecule has 470 valence electrons. The number of aliphatic hydroxyl groups is 2. The molecule has 0 spiro atoms. The highest BCUT2D eigenvalue weighted by Gasteiger charge is 2.20. The maximum absolute atomic E-state index is 12.5. The van der Waals surface area contributed by atoms with E-state index in [0.717, 1.165) is 38.5 Å². The first-order chi connectivity index (χ1) is 39.0. The Morgan fingerprint density at radius 2 is 0.595 bits per heavy atom. The molecule has 0 aliphatic carbocycles. The normalized spacial score (nSPS) is 12.5. The number of rotatable bonds is 69. The van der Waals surface area contributed by atoms with Gasteiger partial charge in [-0.2, -0.15) is 0 Å². The number of unbranched alkanes of at least 4 members (excludes halogenated alkanes) is 56. The molecule has 0 saturated heterocycles. The zero-order chi connectivity index (χ0) is 57.1. The minimum Gasteiger partial charge on any atom is -0.466 e. The van der Waals surface area contributed by atoms with E-state index < -0.39 is 12.1 Å². The smallest absolute Gasteiger partial charge is 0.305 e. The maximum atomic E-state index is 12.5. The van der Waals surface area contributed by atoms with Crippen LogP contribution in [0.5, 0.6) is 0 Å². The van der Waals surface area contributed by atoms with E-state index in [-0.39, 0.29) is 18.5 Å². The van der Waals surface area contributed by atoms with E-state index in [9.17, 15) is 19.8 Å². The van der Waals surface area contributed by atoms with Crippen molar-refractivity contribution in [1.82, 2.24) is 5.32 Å². The van der Waals surface area contributed by atoms with Crippen LogP contribution in [0.15, 0.2) is 12.2 Å². The molecule has 0 saturated carbocycles. The van der Waals surface area contributed by atoms with Crippen molar-refractivity contribution >= 4 is 11.9 Å². The standard InChI is InChI=1S/C73H143NO5/c1-3-5-7-9-11-13-15-17-19-20-34-38-41-45-49-53-57-61-65-71(76)70(69-75)74-72(77)66-62-58-54-50-46-42-39-35-32-30-28-26-24-22-21-23-25-27-29-31-33-36-40-44-48-52-56-60-64-68-79-73(78)67-63-59-55-51-47-43-37-18-16-14-12-10-8-6-4-2/h21,23,70-71,75-76H,3-20,22,24-69H2,1-2H3,(H,74,77)/b23-21-. The first-order valence-corrected chi connectivity index (χ1v) is 36.4. The molecule has 0 radical (unpaired) electrons. The van der Waals surface area contributed by atoms with Gasteiger partial charge in [-0.3, -0.25) is 9.59 Å². The molecule has 0 aromatic heterocycles. The van der Waals surface area contributed by atoms with Crippen LogP contribution in [0, 0.1) is 0 Å². The highest BCUT2D eigenvalue weighted by Crippen LogP contribution is 2.19. The minimum absolute atomic E-state index is 0.0205. The van der Waals surface area contributed by atoms with Gasteiger partial charge in [0, 0.05) is 12.8 Å². The largest absolute Gasteiger partial charge is 0.466 e. The van der Waals surface area contributed by atoms with E-state index in [0.29, 0.717) is 25.9 Å². The van der Waals surface area contributed by atoms with Crippen molar-refractivity contribution in [2.75, 3.05) is 13.2 Å². The zero-order valence-corrected chi connectivity index (χ0v) is 53.9. The summed E-state index contributed by atoms with van der Waals surface area (Å²) >= 11 is 0. The summed E-state index contributed by atoms with van der Waals surface area (Å²) in [6.07, 6.45) is 85.5. The lowest BCUT2D eigenvalue weighted by Gasteiger charge is -2.22. The second-order valence-electron chi connectivity index (χ2n) is 25.3. The van der Waals surface area contributed by atoms with E-state index in [1.165, 1.54) is 347 Å². The summed E-state index contributed by atoms with van der Waals surface area (Å²) in [6, 6.07) is -0.541. The number of nitrogens with one attached hydrogen (secondary N) is 1. The Morgan fingerprint density at radius 3 is 0.899 bits per heavy atom. The molecule has 6 heteroatoms. The summed E-state index contributed by atoms with van der Waals surface area (Å²) in [5.41, 5.74) is 0. The highest BCUT2D eigenvalue weighted by atomic mass is 16.5. The van der Waals surface area contributed by atoms with Gasteiger partial charge in [0.2, 0.25) is 5.91 Å². The number of allylic oxidation sites excluding steroid dienone is 2. The second-order valence-corrected chi connectivity index (χ2v) is 25.3. The van der Waals surface area contributed by atoms with Crippen LogP contribution in [0.3, 0.4) is 0 Å². The van der Waals surface area contributed by atoms with E-state index >= 15 is 0 Å².